The molecule has 5 nitrogen and oxygen atoms in total. The fourth-order valence-electron chi connectivity index (χ4n) is 1.51. The fourth-order valence-corrected chi connectivity index (χ4v) is 1.51. The molecule has 82 valence electrons. The lowest BCUT2D eigenvalue weighted by atomic mass is 10.0. The minimum atomic E-state index is -0.649. The fraction of sp³-hybridized carbons (Fsp3) is 0.222. The number of fused-ring (bicyclic) bond motifs is 1. The first-order valence-corrected chi connectivity index (χ1v) is 4.11. The molecule has 1 aliphatic heterocycles. The molecular weight excluding hydrogens is 266 g/mol. The molecule has 1 unspecified atom stereocenters. The first-order chi connectivity index (χ1) is 6.65. The lowest BCUT2D eigenvalue weighted by molar-refractivity contribution is 0.0401. The predicted molar refractivity (Wildman–Crippen MR) is 57.3 cm³/mol. The number of ether oxygens (including phenoxy) is 1. The van der Waals surface area contributed by atoms with E-state index < -0.39 is 17.8 Å². The molecule has 0 aromatic heterocycles. The Morgan fingerprint density at radius 2 is 2.07 bits per heavy atom. The van der Waals surface area contributed by atoms with Crippen LogP contribution in [0.5, 0.6) is 11.5 Å². The Morgan fingerprint density at radius 3 is 2.67 bits per heavy atom. The third-order valence-electron chi connectivity index (χ3n) is 2.20. The van der Waals surface area contributed by atoms with Gasteiger partial charge in [0.05, 0.1) is 0 Å². The van der Waals surface area contributed by atoms with E-state index in [0.717, 1.165) is 0 Å². The molecule has 0 aliphatic carbocycles. The molecule has 0 saturated heterocycles. The van der Waals surface area contributed by atoms with Crippen molar-refractivity contribution < 1.29 is 19.7 Å². The van der Waals surface area contributed by atoms with Crippen LogP contribution in [0, 0.1) is 0 Å². The van der Waals surface area contributed by atoms with E-state index in [-0.39, 0.29) is 34.8 Å². The number of phenolic OH excluding ortho intramolecular Hbond substituents is 2. The molecule has 0 saturated carbocycles. The van der Waals surface area contributed by atoms with Gasteiger partial charge in [0, 0.05) is 12.1 Å². The summed E-state index contributed by atoms with van der Waals surface area (Å²) in [6, 6.07) is 2.82. The second-order valence-corrected chi connectivity index (χ2v) is 3.03. The first-order valence-electron chi connectivity index (χ1n) is 4.11. The number of halogens is 1. The third-order valence-corrected chi connectivity index (χ3v) is 2.20. The second-order valence-electron chi connectivity index (χ2n) is 3.03. The molecule has 0 bridgehead atoms. The summed E-state index contributed by atoms with van der Waals surface area (Å²) in [4.78, 5) is 11.3. The lowest BCUT2D eigenvalue weighted by Crippen LogP contribution is -2.11. The van der Waals surface area contributed by atoms with Gasteiger partial charge in [-0.05, 0) is 6.07 Å². The Bertz CT molecular complexity index is 407. The Kier molecular flexibility index (Phi) is 3.21. The van der Waals surface area contributed by atoms with Crippen LogP contribution in [0.25, 0.3) is 0 Å². The number of phenols is 2. The second kappa shape index (κ2) is 4.08. The molecule has 6 heteroatoms. The van der Waals surface area contributed by atoms with Crippen molar-refractivity contribution in [2.24, 2.45) is 5.73 Å². The molecule has 15 heavy (non-hydrogen) atoms. The van der Waals surface area contributed by atoms with E-state index in [1.807, 2.05) is 0 Å². The normalized spacial score (nSPS) is 17.9. The monoisotopic (exact) mass is 275 g/mol. The van der Waals surface area contributed by atoms with Crippen LogP contribution in [-0.2, 0) is 4.74 Å². The Morgan fingerprint density at radius 1 is 1.40 bits per heavy atom. The molecule has 4 N–H and O–H groups in total. The van der Waals surface area contributed by atoms with Crippen LogP contribution >= 0.6 is 17.0 Å². The Balaban J connectivity index is 0.00000112. The van der Waals surface area contributed by atoms with Crippen molar-refractivity contribution in [2.45, 2.75) is 6.10 Å². The van der Waals surface area contributed by atoms with Crippen LogP contribution in [0.15, 0.2) is 12.1 Å². The summed E-state index contributed by atoms with van der Waals surface area (Å²) in [5.41, 5.74) is 5.91. The number of carbonyl (C=O) groups is 1. The summed E-state index contributed by atoms with van der Waals surface area (Å²) in [5, 5.41) is 18.6. The van der Waals surface area contributed by atoms with Gasteiger partial charge in [0.25, 0.3) is 0 Å². The smallest absolute Gasteiger partial charge is 0.343 e. The van der Waals surface area contributed by atoms with E-state index in [1.165, 1.54) is 12.1 Å². The summed E-state index contributed by atoms with van der Waals surface area (Å²) in [6.45, 7) is 0.156. The molecule has 2 rings (SSSR count). The molecule has 1 heterocycles. The number of aromatic hydroxyl groups is 2. The minimum absolute atomic E-state index is 0. The number of cyclic esters (lactones) is 1. The number of carbonyl (C=O) groups excluding carboxylic acids is 1. The maximum Gasteiger partial charge on any atom is 0.343 e. The van der Waals surface area contributed by atoms with Crippen molar-refractivity contribution in [3.05, 3.63) is 23.3 Å². The largest absolute Gasteiger partial charge is 0.504 e. The topological polar surface area (TPSA) is 92.8 Å². The zero-order chi connectivity index (χ0) is 10.3. The summed E-state index contributed by atoms with van der Waals surface area (Å²) in [7, 11) is 0. The van der Waals surface area contributed by atoms with Gasteiger partial charge in [0.1, 0.15) is 11.7 Å². The standard InChI is InChI=1S/C9H9NO4.BrH/c10-3-6-4-1-2-5(11)8(12)7(4)9(13)14-6;/h1-2,6,11-12H,3,10H2;1H. The minimum Gasteiger partial charge on any atom is -0.504 e. The van der Waals surface area contributed by atoms with Gasteiger partial charge in [0.15, 0.2) is 11.5 Å². The Hall–Kier alpha value is -1.27. The van der Waals surface area contributed by atoms with Crippen LogP contribution < -0.4 is 5.73 Å². The van der Waals surface area contributed by atoms with Gasteiger partial charge in [0.2, 0.25) is 0 Å². The molecule has 1 aromatic carbocycles. The molecule has 1 aliphatic rings. The van der Waals surface area contributed by atoms with E-state index in [1.54, 1.807) is 0 Å². The summed E-state index contributed by atoms with van der Waals surface area (Å²) in [6.07, 6.45) is -0.524. The van der Waals surface area contributed by atoms with Crippen molar-refractivity contribution in [1.29, 1.82) is 0 Å². The third kappa shape index (κ3) is 1.66. The number of rotatable bonds is 1. The van der Waals surface area contributed by atoms with Crippen LogP contribution in [0.3, 0.4) is 0 Å². The first kappa shape index (κ1) is 11.8. The number of benzene rings is 1. The van der Waals surface area contributed by atoms with Gasteiger partial charge in [-0.3, -0.25) is 0 Å². The van der Waals surface area contributed by atoms with Crippen molar-refractivity contribution in [3.8, 4) is 11.5 Å². The van der Waals surface area contributed by atoms with Gasteiger partial charge in [-0.15, -0.1) is 17.0 Å². The summed E-state index contributed by atoms with van der Waals surface area (Å²) >= 11 is 0. The van der Waals surface area contributed by atoms with Crippen LogP contribution in [-0.4, -0.2) is 22.7 Å². The number of esters is 1. The highest BCUT2D eigenvalue weighted by Gasteiger charge is 2.33. The van der Waals surface area contributed by atoms with E-state index in [9.17, 15) is 15.0 Å². The van der Waals surface area contributed by atoms with Crippen molar-refractivity contribution in [3.63, 3.8) is 0 Å². The maximum absolute atomic E-state index is 11.3. The van der Waals surface area contributed by atoms with Gasteiger partial charge >= 0.3 is 5.97 Å². The SMILES string of the molecule is Br.NCC1OC(=O)c2c1ccc(O)c2O. The quantitative estimate of drug-likeness (QED) is 0.522. The number of nitrogens with two attached hydrogens (primary N) is 1. The summed E-state index contributed by atoms with van der Waals surface area (Å²) in [5.74, 6) is -1.43. The van der Waals surface area contributed by atoms with Gasteiger partial charge in [-0.25, -0.2) is 4.79 Å². The number of hydrogen-bond donors (Lipinski definition) is 3. The van der Waals surface area contributed by atoms with Crippen LogP contribution in [0.4, 0.5) is 0 Å². The Labute approximate surface area is 96.2 Å². The molecule has 1 aromatic rings. The highest BCUT2D eigenvalue weighted by atomic mass is 79.9. The lowest BCUT2D eigenvalue weighted by Gasteiger charge is -2.06. The van der Waals surface area contributed by atoms with Crippen molar-refractivity contribution in [1.82, 2.24) is 0 Å². The van der Waals surface area contributed by atoms with E-state index in [2.05, 4.69) is 0 Å². The zero-order valence-corrected chi connectivity index (χ0v) is 9.35. The average molecular weight is 276 g/mol. The van der Waals surface area contributed by atoms with Crippen LogP contribution in [0.2, 0.25) is 0 Å². The molecule has 1 atom stereocenters. The number of hydrogen-bond acceptors (Lipinski definition) is 5. The van der Waals surface area contributed by atoms with Gasteiger partial charge in [-0.2, -0.15) is 0 Å². The van der Waals surface area contributed by atoms with Crippen LogP contribution in [0.1, 0.15) is 22.0 Å². The average Bonchev–Trinajstić information content (AvgIpc) is 2.49. The predicted octanol–water partition coefficient (Wildman–Crippen LogP) is 0.846. The highest BCUT2D eigenvalue weighted by molar-refractivity contribution is 8.93. The van der Waals surface area contributed by atoms with E-state index >= 15 is 0 Å². The molecule has 0 amide bonds. The van der Waals surface area contributed by atoms with Gasteiger partial charge in [-0.1, -0.05) is 6.07 Å². The molecular formula is C9H10BrNO4. The van der Waals surface area contributed by atoms with E-state index in [0.29, 0.717) is 5.56 Å². The van der Waals surface area contributed by atoms with E-state index in [4.69, 9.17) is 10.5 Å². The highest BCUT2D eigenvalue weighted by Crippen LogP contribution is 2.39. The molecule has 0 radical (unpaired) electrons. The molecule has 0 spiro atoms. The molecule has 0 fully saturated rings. The van der Waals surface area contributed by atoms with Gasteiger partial charge < -0.3 is 20.7 Å². The zero-order valence-electron chi connectivity index (χ0n) is 7.64. The summed E-state index contributed by atoms with van der Waals surface area (Å²) < 4.78 is 4.88. The maximum atomic E-state index is 11.3. The van der Waals surface area contributed by atoms with Crippen molar-refractivity contribution in [2.75, 3.05) is 6.54 Å². The van der Waals surface area contributed by atoms with Crippen molar-refractivity contribution >= 4 is 23.0 Å².